The second-order valence-corrected chi connectivity index (χ2v) is 8.04. The lowest BCUT2D eigenvalue weighted by Gasteiger charge is -2.47. The molecule has 3 nitrogen and oxygen atoms in total. The normalized spacial score (nSPS) is 35.3. The van der Waals surface area contributed by atoms with Gasteiger partial charge in [-0.3, -0.25) is 4.90 Å². The van der Waals surface area contributed by atoms with Gasteiger partial charge in [-0.15, -0.1) is 0 Å². The Morgan fingerprint density at radius 3 is 2.71 bits per heavy atom. The van der Waals surface area contributed by atoms with Crippen LogP contribution in [0.1, 0.15) is 65.7 Å². The van der Waals surface area contributed by atoms with Gasteiger partial charge in [-0.1, -0.05) is 40.0 Å². The van der Waals surface area contributed by atoms with Gasteiger partial charge in [0, 0.05) is 25.2 Å². The Labute approximate surface area is 131 Å². The summed E-state index contributed by atoms with van der Waals surface area (Å²) in [4.78, 5) is 2.60. The fourth-order valence-electron chi connectivity index (χ4n) is 4.46. The third-order valence-corrected chi connectivity index (χ3v) is 5.57. The fourth-order valence-corrected chi connectivity index (χ4v) is 4.46. The number of nitrogens with one attached hydrogen (secondary N) is 1. The summed E-state index contributed by atoms with van der Waals surface area (Å²) < 4.78 is 0. The van der Waals surface area contributed by atoms with Crippen molar-refractivity contribution >= 4 is 0 Å². The van der Waals surface area contributed by atoms with Crippen LogP contribution in [-0.4, -0.2) is 48.3 Å². The van der Waals surface area contributed by atoms with Gasteiger partial charge in [0.1, 0.15) is 0 Å². The van der Waals surface area contributed by atoms with Crippen molar-refractivity contribution in [3.05, 3.63) is 0 Å². The molecule has 1 saturated heterocycles. The molecule has 2 rings (SSSR count). The molecule has 0 bridgehead atoms. The SMILES string of the molecule is CC1CCCC(CNC(C)C)(CN2CCCCC2CO)C1. The molecule has 0 amide bonds. The number of aliphatic hydroxyl groups is 1. The van der Waals surface area contributed by atoms with Crippen LogP contribution in [0.5, 0.6) is 0 Å². The van der Waals surface area contributed by atoms with Gasteiger partial charge in [-0.2, -0.15) is 0 Å². The molecule has 3 heteroatoms. The van der Waals surface area contributed by atoms with E-state index in [-0.39, 0.29) is 0 Å². The van der Waals surface area contributed by atoms with E-state index >= 15 is 0 Å². The van der Waals surface area contributed by atoms with Crippen LogP contribution in [-0.2, 0) is 0 Å². The van der Waals surface area contributed by atoms with Crippen LogP contribution in [0.3, 0.4) is 0 Å². The van der Waals surface area contributed by atoms with E-state index in [4.69, 9.17) is 0 Å². The molecule has 0 radical (unpaired) electrons. The molecule has 21 heavy (non-hydrogen) atoms. The van der Waals surface area contributed by atoms with Crippen LogP contribution < -0.4 is 5.32 Å². The van der Waals surface area contributed by atoms with E-state index in [0.29, 0.717) is 24.1 Å². The highest BCUT2D eigenvalue weighted by atomic mass is 16.3. The maximum Gasteiger partial charge on any atom is 0.0586 e. The summed E-state index contributed by atoms with van der Waals surface area (Å²) in [6.45, 7) is 10.8. The van der Waals surface area contributed by atoms with Crippen molar-refractivity contribution in [2.24, 2.45) is 11.3 Å². The van der Waals surface area contributed by atoms with E-state index in [1.807, 2.05) is 0 Å². The van der Waals surface area contributed by atoms with Gasteiger partial charge in [0.15, 0.2) is 0 Å². The van der Waals surface area contributed by atoms with Crippen LogP contribution in [0, 0.1) is 11.3 Å². The molecule has 2 aliphatic rings. The lowest BCUT2D eigenvalue weighted by atomic mass is 9.69. The average Bonchev–Trinajstić information content (AvgIpc) is 2.46. The number of rotatable bonds is 6. The van der Waals surface area contributed by atoms with Crippen LogP contribution in [0.15, 0.2) is 0 Å². The topological polar surface area (TPSA) is 35.5 Å². The molecule has 3 unspecified atom stereocenters. The zero-order valence-electron chi connectivity index (χ0n) is 14.4. The first-order valence-corrected chi connectivity index (χ1v) is 9.13. The number of aliphatic hydroxyl groups excluding tert-OH is 1. The van der Waals surface area contributed by atoms with Crippen molar-refractivity contribution in [2.75, 3.05) is 26.2 Å². The van der Waals surface area contributed by atoms with Crippen molar-refractivity contribution in [1.82, 2.24) is 10.2 Å². The Morgan fingerprint density at radius 2 is 2.05 bits per heavy atom. The van der Waals surface area contributed by atoms with E-state index in [1.54, 1.807) is 0 Å². The van der Waals surface area contributed by atoms with E-state index in [0.717, 1.165) is 12.5 Å². The second-order valence-electron chi connectivity index (χ2n) is 8.04. The molecular weight excluding hydrogens is 260 g/mol. The van der Waals surface area contributed by atoms with Crippen molar-refractivity contribution in [2.45, 2.75) is 77.8 Å². The summed E-state index contributed by atoms with van der Waals surface area (Å²) in [7, 11) is 0. The molecule has 124 valence electrons. The number of piperidine rings is 1. The maximum absolute atomic E-state index is 9.69. The summed E-state index contributed by atoms with van der Waals surface area (Å²) >= 11 is 0. The van der Waals surface area contributed by atoms with Crippen LogP contribution in [0.4, 0.5) is 0 Å². The summed E-state index contributed by atoms with van der Waals surface area (Å²) in [5, 5.41) is 13.4. The predicted octanol–water partition coefficient (Wildman–Crippen LogP) is 3.03. The zero-order chi connectivity index (χ0) is 15.3. The van der Waals surface area contributed by atoms with Crippen LogP contribution >= 0.6 is 0 Å². The molecule has 1 heterocycles. The third kappa shape index (κ3) is 4.94. The molecule has 2 fully saturated rings. The fraction of sp³-hybridized carbons (Fsp3) is 1.00. The van der Waals surface area contributed by atoms with Gasteiger partial charge in [0.05, 0.1) is 6.61 Å². The van der Waals surface area contributed by atoms with Crippen LogP contribution in [0.25, 0.3) is 0 Å². The van der Waals surface area contributed by atoms with Crippen molar-refractivity contribution in [1.29, 1.82) is 0 Å². The van der Waals surface area contributed by atoms with Crippen LogP contribution in [0.2, 0.25) is 0 Å². The average molecular weight is 296 g/mol. The number of nitrogens with zero attached hydrogens (tertiary/aromatic N) is 1. The first-order valence-electron chi connectivity index (χ1n) is 9.13. The van der Waals surface area contributed by atoms with E-state index < -0.39 is 0 Å². The Balaban J connectivity index is 2.03. The highest BCUT2D eigenvalue weighted by Gasteiger charge is 2.38. The smallest absolute Gasteiger partial charge is 0.0586 e. The first-order chi connectivity index (χ1) is 10.0. The Morgan fingerprint density at radius 1 is 1.24 bits per heavy atom. The van der Waals surface area contributed by atoms with Gasteiger partial charge in [0.2, 0.25) is 0 Å². The minimum Gasteiger partial charge on any atom is -0.395 e. The summed E-state index contributed by atoms with van der Waals surface area (Å²) in [5.74, 6) is 0.852. The molecule has 3 atom stereocenters. The van der Waals surface area contributed by atoms with E-state index in [1.165, 1.54) is 58.0 Å². The van der Waals surface area contributed by atoms with Crippen molar-refractivity contribution in [3.8, 4) is 0 Å². The molecule has 1 saturated carbocycles. The van der Waals surface area contributed by atoms with Crippen molar-refractivity contribution < 1.29 is 5.11 Å². The molecule has 1 aliphatic heterocycles. The summed E-state index contributed by atoms with van der Waals surface area (Å²) in [6.07, 6.45) is 9.24. The summed E-state index contributed by atoms with van der Waals surface area (Å²) in [6, 6.07) is 0.973. The Bertz CT molecular complexity index is 308. The van der Waals surface area contributed by atoms with Gasteiger partial charge in [0.25, 0.3) is 0 Å². The third-order valence-electron chi connectivity index (χ3n) is 5.57. The Kier molecular flexibility index (Phi) is 6.51. The predicted molar refractivity (Wildman–Crippen MR) is 89.5 cm³/mol. The molecule has 0 aromatic carbocycles. The largest absolute Gasteiger partial charge is 0.395 e. The van der Waals surface area contributed by atoms with E-state index in [9.17, 15) is 5.11 Å². The molecule has 2 N–H and O–H groups in total. The first kappa shape index (κ1) is 17.2. The molecule has 0 aromatic heterocycles. The number of hydrogen-bond donors (Lipinski definition) is 2. The quantitative estimate of drug-likeness (QED) is 0.791. The van der Waals surface area contributed by atoms with Gasteiger partial charge in [-0.25, -0.2) is 0 Å². The molecule has 0 aromatic rings. The number of likely N-dealkylation sites (tertiary alicyclic amines) is 1. The minimum absolute atomic E-state index is 0.337. The second kappa shape index (κ2) is 7.94. The molecule has 1 aliphatic carbocycles. The standard InChI is InChI=1S/C18H36N2O/c1-15(2)19-13-18(9-6-7-16(3)11-18)14-20-10-5-4-8-17(20)12-21/h15-17,19,21H,4-14H2,1-3H3. The summed E-state index contributed by atoms with van der Waals surface area (Å²) in [5.41, 5.74) is 0.423. The van der Waals surface area contributed by atoms with Crippen molar-refractivity contribution in [3.63, 3.8) is 0 Å². The Hall–Kier alpha value is -0.120. The lowest BCUT2D eigenvalue weighted by Crippen LogP contribution is -2.52. The molecular formula is C18H36N2O. The van der Waals surface area contributed by atoms with Gasteiger partial charge in [-0.05, 0) is 43.6 Å². The molecule has 0 spiro atoms. The number of hydrogen-bond acceptors (Lipinski definition) is 3. The highest BCUT2D eigenvalue weighted by molar-refractivity contribution is 4.92. The minimum atomic E-state index is 0.337. The lowest BCUT2D eigenvalue weighted by molar-refractivity contribution is 0.0209. The monoisotopic (exact) mass is 296 g/mol. The van der Waals surface area contributed by atoms with Gasteiger partial charge >= 0.3 is 0 Å². The maximum atomic E-state index is 9.69. The highest BCUT2D eigenvalue weighted by Crippen LogP contribution is 2.40. The van der Waals surface area contributed by atoms with E-state index in [2.05, 4.69) is 31.0 Å². The zero-order valence-corrected chi connectivity index (χ0v) is 14.4. The van der Waals surface area contributed by atoms with Gasteiger partial charge < -0.3 is 10.4 Å².